The van der Waals surface area contributed by atoms with Crippen molar-refractivity contribution in [2.45, 2.75) is 73.8 Å². The summed E-state index contributed by atoms with van der Waals surface area (Å²) in [4.78, 5) is 0. The summed E-state index contributed by atoms with van der Waals surface area (Å²) in [6, 6.07) is 19.8. The zero-order valence-electron chi connectivity index (χ0n) is 24.4. The SMILES string of the molecule is CC(C)(C)C1=CCC(Nc2cccc(NC3=CC4C(C=C3)C(C)(C)CCC4(C)C)c2)C(c2ccccc2)=C1. The highest BCUT2D eigenvalue weighted by atomic mass is 14.9. The number of rotatable bonds is 5. The van der Waals surface area contributed by atoms with Crippen molar-refractivity contribution in [1.82, 2.24) is 0 Å². The Morgan fingerprint density at radius 2 is 1.50 bits per heavy atom. The first kappa shape index (κ1) is 26.6. The van der Waals surface area contributed by atoms with Crippen LogP contribution in [0.15, 0.2) is 96.2 Å². The van der Waals surface area contributed by atoms with Crippen molar-refractivity contribution in [3.8, 4) is 0 Å². The third kappa shape index (κ3) is 5.55. The van der Waals surface area contributed by atoms with Crippen LogP contribution in [0, 0.1) is 28.1 Å². The molecule has 0 heterocycles. The van der Waals surface area contributed by atoms with E-state index >= 15 is 0 Å². The molecule has 3 atom stereocenters. The largest absolute Gasteiger partial charge is 0.378 e. The first-order chi connectivity index (χ1) is 17.9. The molecule has 200 valence electrons. The van der Waals surface area contributed by atoms with Crippen LogP contribution in [0.25, 0.3) is 5.57 Å². The van der Waals surface area contributed by atoms with Crippen molar-refractivity contribution >= 4 is 16.9 Å². The maximum Gasteiger partial charge on any atom is 0.0554 e. The molecule has 2 aromatic rings. The average Bonchev–Trinajstić information content (AvgIpc) is 2.87. The molecule has 0 saturated heterocycles. The number of fused-ring (bicyclic) bond motifs is 1. The van der Waals surface area contributed by atoms with Crippen LogP contribution in [-0.4, -0.2) is 6.04 Å². The standard InChI is InChI=1S/C36H46N2/c1-34(2,3)26-16-19-33(30(22-26)25-12-9-8-10-13-25)38-28-15-11-14-27(23-28)37-29-17-18-31-32(24-29)36(6,7)21-20-35(31,4)5/h8-18,22-24,31-33,37-38H,19-21H2,1-7H3. The van der Waals surface area contributed by atoms with Gasteiger partial charge in [-0.2, -0.15) is 0 Å². The number of allylic oxidation sites excluding steroid dienone is 5. The van der Waals surface area contributed by atoms with Gasteiger partial charge in [0.05, 0.1) is 6.04 Å². The number of nitrogens with one attached hydrogen (secondary N) is 2. The summed E-state index contributed by atoms with van der Waals surface area (Å²) in [5.41, 5.74) is 8.37. The molecule has 0 aliphatic heterocycles. The predicted octanol–water partition coefficient (Wildman–Crippen LogP) is 9.87. The third-order valence-electron chi connectivity index (χ3n) is 9.17. The lowest BCUT2D eigenvalue weighted by Crippen LogP contribution is -2.43. The molecule has 1 fully saturated rings. The molecule has 1 saturated carbocycles. The molecule has 0 radical (unpaired) electrons. The summed E-state index contributed by atoms with van der Waals surface area (Å²) in [5.74, 6) is 1.16. The van der Waals surface area contributed by atoms with E-state index in [4.69, 9.17) is 0 Å². The second kappa shape index (κ2) is 9.95. The fourth-order valence-corrected chi connectivity index (χ4v) is 6.53. The van der Waals surface area contributed by atoms with Gasteiger partial charge >= 0.3 is 0 Å². The van der Waals surface area contributed by atoms with Gasteiger partial charge in [0.15, 0.2) is 0 Å². The highest BCUT2D eigenvalue weighted by molar-refractivity contribution is 5.77. The van der Waals surface area contributed by atoms with E-state index in [0.29, 0.717) is 22.7 Å². The fourth-order valence-electron chi connectivity index (χ4n) is 6.53. The molecule has 2 N–H and O–H groups in total. The van der Waals surface area contributed by atoms with Crippen LogP contribution in [-0.2, 0) is 0 Å². The van der Waals surface area contributed by atoms with Crippen molar-refractivity contribution in [2.24, 2.45) is 28.1 Å². The Labute approximate surface area is 231 Å². The van der Waals surface area contributed by atoms with Crippen LogP contribution in [0.1, 0.15) is 73.3 Å². The summed E-state index contributed by atoms with van der Waals surface area (Å²) in [7, 11) is 0. The molecule has 2 aromatic carbocycles. The van der Waals surface area contributed by atoms with Crippen LogP contribution >= 0.6 is 0 Å². The molecule has 0 bridgehead atoms. The molecule has 3 aliphatic rings. The number of hydrogen-bond donors (Lipinski definition) is 2. The Morgan fingerprint density at radius 3 is 2.21 bits per heavy atom. The number of anilines is 2. The van der Waals surface area contributed by atoms with E-state index < -0.39 is 0 Å². The minimum atomic E-state index is 0.136. The van der Waals surface area contributed by atoms with Gasteiger partial charge in [-0.1, -0.05) is 109 Å². The van der Waals surface area contributed by atoms with E-state index in [0.717, 1.165) is 17.8 Å². The lowest BCUT2D eigenvalue weighted by molar-refractivity contribution is 0.0328. The highest BCUT2D eigenvalue weighted by Gasteiger charge is 2.46. The van der Waals surface area contributed by atoms with Gasteiger partial charge in [-0.15, -0.1) is 0 Å². The van der Waals surface area contributed by atoms with Gasteiger partial charge in [0.25, 0.3) is 0 Å². The van der Waals surface area contributed by atoms with E-state index in [9.17, 15) is 0 Å². The zero-order chi connectivity index (χ0) is 27.1. The first-order valence-electron chi connectivity index (χ1n) is 14.4. The van der Waals surface area contributed by atoms with E-state index in [1.54, 1.807) is 0 Å². The summed E-state index contributed by atoms with van der Waals surface area (Å²) in [6.07, 6.45) is 15.6. The average molecular weight is 507 g/mol. The quantitative estimate of drug-likeness (QED) is 0.421. The summed E-state index contributed by atoms with van der Waals surface area (Å²) in [6.45, 7) is 16.7. The van der Waals surface area contributed by atoms with E-state index in [2.05, 4.69) is 144 Å². The van der Waals surface area contributed by atoms with Gasteiger partial charge in [-0.05, 0) is 88.3 Å². The smallest absolute Gasteiger partial charge is 0.0554 e. The molecule has 0 amide bonds. The third-order valence-corrected chi connectivity index (χ3v) is 9.17. The lowest BCUT2D eigenvalue weighted by Gasteiger charge is -2.51. The van der Waals surface area contributed by atoms with Crippen LogP contribution in [0.5, 0.6) is 0 Å². The van der Waals surface area contributed by atoms with Crippen molar-refractivity contribution in [3.63, 3.8) is 0 Å². The lowest BCUT2D eigenvalue weighted by atomic mass is 9.53. The summed E-state index contributed by atoms with van der Waals surface area (Å²) < 4.78 is 0. The molecule has 0 spiro atoms. The maximum absolute atomic E-state index is 3.86. The Balaban J connectivity index is 1.35. The van der Waals surface area contributed by atoms with Gasteiger partial charge in [0.2, 0.25) is 0 Å². The van der Waals surface area contributed by atoms with Crippen LogP contribution < -0.4 is 10.6 Å². The minimum Gasteiger partial charge on any atom is -0.378 e. The van der Waals surface area contributed by atoms with Crippen molar-refractivity contribution in [1.29, 1.82) is 0 Å². The van der Waals surface area contributed by atoms with Gasteiger partial charge in [0, 0.05) is 17.1 Å². The molecule has 3 aliphatic carbocycles. The maximum atomic E-state index is 3.86. The topological polar surface area (TPSA) is 24.1 Å². The number of hydrogen-bond acceptors (Lipinski definition) is 2. The second-order valence-corrected chi connectivity index (χ2v) is 14.0. The molecule has 5 rings (SSSR count). The molecule has 3 unspecified atom stereocenters. The minimum absolute atomic E-state index is 0.136. The van der Waals surface area contributed by atoms with Crippen LogP contribution in [0.3, 0.4) is 0 Å². The zero-order valence-corrected chi connectivity index (χ0v) is 24.4. The Hall–Kier alpha value is -3.00. The molecule has 2 heteroatoms. The second-order valence-electron chi connectivity index (χ2n) is 14.0. The van der Waals surface area contributed by atoms with Crippen molar-refractivity contribution in [3.05, 3.63) is 102 Å². The van der Waals surface area contributed by atoms with Gasteiger partial charge in [0.1, 0.15) is 0 Å². The molecule has 2 nitrogen and oxygen atoms in total. The monoisotopic (exact) mass is 506 g/mol. The van der Waals surface area contributed by atoms with E-state index in [-0.39, 0.29) is 11.5 Å². The molecule has 0 aromatic heterocycles. The fraction of sp³-hybridized carbons (Fsp3) is 0.444. The normalized spacial score (nSPS) is 26.0. The van der Waals surface area contributed by atoms with E-state index in [1.165, 1.54) is 35.2 Å². The van der Waals surface area contributed by atoms with Crippen LogP contribution in [0.4, 0.5) is 11.4 Å². The highest BCUT2D eigenvalue weighted by Crippen LogP contribution is 2.55. The predicted molar refractivity (Wildman–Crippen MR) is 165 cm³/mol. The summed E-state index contributed by atoms with van der Waals surface area (Å²) in [5, 5.41) is 7.59. The number of benzene rings is 2. The Kier molecular flexibility index (Phi) is 6.97. The van der Waals surface area contributed by atoms with Crippen molar-refractivity contribution < 1.29 is 0 Å². The summed E-state index contributed by atoms with van der Waals surface area (Å²) >= 11 is 0. The Morgan fingerprint density at radius 1 is 0.816 bits per heavy atom. The molecular formula is C36H46N2. The molecule has 38 heavy (non-hydrogen) atoms. The van der Waals surface area contributed by atoms with Gasteiger partial charge in [-0.3, -0.25) is 0 Å². The molecular weight excluding hydrogens is 460 g/mol. The van der Waals surface area contributed by atoms with Crippen molar-refractivity contribution in [2.75, 3.05) is 10.6 Å². The van der Waals surface area contributed by atoms with Gasteiger partial charge < -0.3 is 10.6 Å². The van der Waals surface area contributed by atoms with Gasteiger partial charge in [-0.25, -0.2) is 0 Å². The van der Waals surface area contributed by atoms with E-state index in [1.807, 2.05) is 0 Å². The van der Waals surface area contributed by atoms with Crippen LogP contribution in [0.2, 0.25) is 0 Å². The first-order valence-corrected chi connectivity index (χ1v) is 14.4. The Bertz CT molecular complexity index is 1280.